The Hall–Kier alpha value is -3.15. The maximum absolute atomic E-state index is 12.8. The quantitative estimate of drug-likeness (QED) is 0.826. The lowest BCUT2D eigenvalue weighted by molar-refractivity contribution is -0.121. The summed E-state index contributed by atoms with van der Waals surface area (Å²) >= 11 is 0. The summed E-state index contributed by atoms with van der Waals surface area (Å²) in [4.78, 5) is 37.2. The van der Waals surface area contributed by atoms with E-state index in [2.05, 4.69) is 5.32 Å². The summed E-state index contributed by atoms with van der Waals surface area (Å²) in [6, 6.07) is 9.13. The van der Waals surface area contributed by atoms with Gasteiger partial charge in [-0.15, -0.1) is 0 Å². The number of anilines is 2. The number of hydrogen-bond acceptors (Lipinski definition) is 4. The van der Waals surface area contributed by atoms with Gasteiger partial charge in [0, 0.05) is 5.69 Å². The van der Waals surface area contributed by atoms with E-state index in [1.54, 1.807) is 0 Å². The fourth-order valence-electron chi connectivity index (χ4n) is 3.35. The Morgan fingerprint density at radius 2 is 1.65 bits per heavy atom. The van der Waals surface area contributed by atoms with Crippen LogP contribution in [-0.4, -0.2) is 28.9 Å². The second kappa shape index (κ2) is 6.63. The minimum Gasteiger partial charge on any atom is -0.478 e. The number of benzene rings is 2. The number of carboxylic acids is 1. The number of imide groups is 1. The summed E-state index contributed by atoms with van der Waals surface area (Å²) in [5, 5.41) is 12.2. The number of carbonyl (C=O) groups is 3. The van der Waals surface area contributed by atoms with Gasteiger partial charge < -0.3 is 10.4 Å². The van der Waals surface area contributed by atoms with Crippen LogP contribution in [0, 0.1) is 20.8 Å². The van der Waals surface area contributed by atoms with Gasteiger partial charge in [0.2, 0.25) is 5.91 Å². The highest BCUT2D eigenvalue weighted by molar-refractivity contribution is 6.23. The number of nitrogens with one attached hydrogen (secondary N) is 1. The molecule has 0 saturated carbocycles. The van der Waals surface area contributed by atoms with Crippen LogP contribution in [0.1, 0.15) is 33.5 Å². The molecule has 2 aromatic rings. The normalized spacial score (nSPS) is 16.9. The molecular formula is C20H20N2O4. The molecule has 6 nitrogen and oxygen atoms in total. The Kier molecular flexibility index (Phi) is 4.50. The molecule has 2 aromatic carbocycles. The van der Waals surface area contributed by atoms with Gasteiger partial charge >= 0.3 is 5.97 Å². The summed E-state index contributed by atoms with van der Waals surface area (Å²) in [6.07, 6.45) is 0.0618. The van der Waals surface area contributed by atoms with Crippen molar-refractivity contribution in [1.29, 1.82) is 0 Å². The van der Waals surface area contributed by atoms with E-state index in [0.29, 0.717) is 5.69 Å². The third kappa shape index (κ3) is 3.18. The van der Waals surface area contributed by atoms with Gasteiger partial charge in [0.1, 0.15) is 6.04 Å². The topological polar surface area (TPSA) is 86.7 Å². The summed E-state index contributed by atoms with van der Waals surface area (Å²) in [7, 11) is 0. The van der Waals surface area contributed by atoms with Gasteiger partial charge in [-0.2, -0.15) is 0 Å². The van der Waals surface area contributed by atoms with Crippen molar-refractivity contribution in [3.05, 3.63) is 58.7 Å². The van der Waals surface area contributed by atoms with Crippen molar-refractivity contribution in [3.8, 4) is 0 Å². The van der Waals surface area contributed by atoms with Crippen molar-refractivity contribution in [2.75, 3.05) is 10.2 Å². The van der Waals surface area contributed by atoms with Gasteiger partial charge in [-0.3, -0.25) is 9.59 Å². The minimum absolute atomic E-state index is 0.0618. The van der Waals surface area contributed by atoms with E-state index in [0.717, 1.165) is 27.3 Å². The van der Waals surface area contributed by atoms with Crippen molar-refractivity contribution >= 4 is 29.2 Å². The second-order valence-corrected chi connectivity index (χ2v) is 6.59. The van der Waals surface area contributed by atoms with E-state index in [4.69, 9.17) is 5.11 Å². The largest absolute Gasteiger partial charge is 0.478 e. The van der Waals surface area contributed by atoms with Gasteiger partial charge in [-0.25, -0.2) is 9.69 Å². The fraction of sp³-hybridized carbons (Fsp3) is 0.250. The molecule has 134 valence electrons. The number of carboxylic acid groups (broad SMARTS) is 1. The predicted octanol–water partition coefficient (Wildman–Crippen LogP) is 3.05. The van der Waals surface area contributed by atoms with E-state index >= 15 is 0 Å². The molecule has 2 N–H and O–H groups in total. The molecule has 1 saturated heterocycles. The molecule has 0 radical (unpaired) electrons. The van der Waals surface area contributed by atoms with Crippen LogP contribution in [0.25, 0.3) is 0 Å². The third-order valence-corrected chi connectivity index (χ3v) is 4.51. The minimum atomic E-state index is -1.06. The number of nitrogens with zero attached hydrogens (tertiary/aromatic N) is 1. The summed E-state index contributed by atoms with van der Waals surface area (Å²) < 4.78 is 0. The Balaban J connectivity index is 1.84. The molecule has 0 aromatic heterocycles. The zero-order valence-corrected chi connectivity index (χ0v) is 14.9. The number of rotatable bonds is 4. The van der Waals surface area contributed by atoms with Crippen LogP contribution < -0.4 is 10.2 Å². The Labute approximate surface area is 151 Å². The van der Waals surface area contributed by atoms with Crippen molar-refractivity contribution in [2.45, 2.75) is 33.2 Å². The van der Waals surface area contributed by atoms with E-state index < -0.39 is 12.0 Å². The average Bonchev–Trinajstić information content (AvgIpc) is 2.84. The van der Waals surface area contributed by atoms with Crippen molar-refractivity contribution in [2.24, 2.45) is 0 Å². The maximum atomic E-state index is 12.8. The van der Waals surface area contributed by atoms with Gasteiger partial charge in [-0.05, 0) is 56.2 Å². The summed E-state index contributed by atoms with van der Waals surface area (Å²) in [5.74, 6) is -1.70. The van der Waals surface area contributed by atoms with Crippen LogP contribution in [0.2, 0.25) is 0 Å². The lowest BCUT2D eigenvalue weighted by atomic mass is 10.0. The molecule has 1 fully saturated rings. The standard InChI is InChI=1S/C20H20N2O4/c1-11-8-12(2)18(13(3)9-11)21-16-10-17(23)22(19(16)24)15-6-4-14(5-7-15)20(25)26/h4-9,16,21H,10H2,1-3H3,(H,25,26). The number of aryl methyl sites for hydroxylation is 3. The van der Waals surface area contributed by atoms with Crippen LogP contribution in [0.3, 0.4) is 0 Å². The highest BCUT2D eigenvalue weighted by Crippen LogP contribution is 2.28. The summed E-state index contributed by atoms with van der Waals surface area (Å²) in [6.45, 7) is 5.94. The highest BCUT2D eigenvalue weighted by atomic mass is 16.4. The number of carbonyl (C=O) groups excluding carboxylic acids is 2. The molecular weight excluding hydrogens is 332 g/mol. The second-order valence-electron chi connectivity index (χ2n) is 6.59. The van der Waals surface area contributed by atoms with Crippen LogP contribution in [0.15, 0.2) is 36.4 Å². The molecule has 1 unspecified atom stereocenters. The monoisotopic (exact) mass is 352 g/mol. The van der Waals surface area contributed by atoms with Gasteiger partial charge in [0.05, 0.1) is 17.7 Å². The molecule has 6 heteroatoms. The molecule has 26 heavy (non-hydrogen) atoms. The molecule has 0 bridgehead atoms. The lowest BCUT2D eigenvalue weighted by Crippen LogP contribution is -2.35. The first-order valence-electron chi connectivity index (χ1n) is 8.32. The van der Waals surface area contributed by atoms with E-state index in [1.807, 2.05) is 32.9 Å². The highest BCUT2D eigenvalue weighted by Gasteiger charge is 2.39. The van der Waals surface area contributed by atoms with Crippen LogP contribution in [0.5, 0.6) is 0 Å². The maximum Gasteiger partial charge on any atom is 0.335 e. The van der Waals surface area contributed by atoms with Gasteiger partial charge in [0.25, 0.3) is 5.91 Å². The van der Waals surface area contributed by atoms with Crippen LogP contribution in [-0.2, 0) is 9.59 Å². The molecule has 1 atom stereocenters. The lowest BCUT2D eigenvalue weighted by Gasteiger charge is -2.19. The van der Waals surface area contributed by atoms with E-state index in [-0.39, 0.29) is 23.8 Å². The molecule has 3 rings (SSSR count). The molecule has 1 aliphatic rings. The first kappa shape index (κ1) is 17.7. The van der Waals surface area contributed by atoms with Gasteiger partial charge in [0.15, 0.2) is 0 Å². The zero-order valence-electron chi connectivity index (χ0n) is 14.9. The number of amides is 2. The smallest absolute Gasteiger partial charge is 0.335 e. The van der Waals surface area contributed by atoms with Crippen molar-refractivity contribution < 1.29 is 19.5 Å². The van der Waals surface area contributed by atoms with Crippen LogP contribution in [0.4, 0.5) is 11.4 Å². The average molecular weight is 352 g/mol. The predicted molar refractivity (Wildman–Crippen MR) is 98.6 cm³/mol. The molecule has 0 aliphatic carbocycles. The number of hydrogen-bond donors (Lipinski definition) is 2. The fourth-order valence-corrected chi connectivity index (χ4v) is 3.35. The van der Waals surface area contributed by atoms with Crippen LogP contribution >= 0.6 is 0 Å². The Bertz CT molecular complexity index is 880. The summed E-state index contributed by atoms with van der Waals surface area (Å²) in [5.41, 5.74) is 4.53. The SMILES string of the molecule is Cc1cc(C)c(NC2CC(=O)N(c3ccc(C(=O)O)cc3)C2=O)c(C)c1. The first-order valence-corrected chi connectivity index (χ1v) is 8.32. The molecule has 1 aliphatic heterocycles. The van der Waals surface area contributed by atoms with Crippen molar-refractivity contribution in [3.63, 3.8) is 0 Å². The molecule has 1 heterocycles. The first-order chi connectivity index (χ1) is 12.3. The Morgan fingerprint density at radius 3 is 2.19 bits per heavy atom. The zero-order chi connectivity index (χ0) is 19.0. The number of aromatic carboxylic acids is 1. The molecule has 0 spiro atoms. The molecule has 2 amide bonds. The van der Waals surface area contributed by atoms with E-state index in [9.17, 15) is 14.4 Å². The van der Waals surface area contributed by atoms with E-state index in [1.165, 1.54) is 24.3 Å². The Morgan fingerprint density at radius 1 is 1.08 bits per heavy atom. The van der Waals surface area contributed by atoms with Gasteiger partial charge in [-0.1, -0.05) is 17.7 Å². The third-order valence-electron chi connectivity index (χ3n) is 4.51. The van der Waals surface area contributed by atoms with Crippen molar-refractivity contribution in [1.82, 2.24) is 0 Å².